The van der Waals surface area contributed by atoms with Crippen LogP contribution in [0.15, 0.2) is 126 Å². The highest BCUT2D eigenvalue weighted by atomic mass is 16.7. The van der Waals surface area contributed by atoms with Gasteiger partial charge in [0.1, 0.15) is 24.0 Å². The number of aromatic nitrogens is 2. The van der Waals surface area contributed by atoms with Gasteiger partial charge in [0.2, 0.25) is 6.79 Å². The molecule has 0 unspecified atom stereocenters. The number of benzene rings is 4. The molecule has 0 saturated carbocycles. The first-order valence-corrected chi connectivity index (χ1v) is 15.0. The van der Waals surface area contributed by atoms with Crippen LogP contribution < -0.4 is 14.2 Å². The number of imide groups is 1. The van der Waals surface area contributed by atoms with Crippen molar-refractivity contribution < 1.29 is 23.8 Å². The second kappa shape index (κ2) is 12.5. The van der Waals surface area contributed by atoms with E-state index < -0.39 is 11.8 Å². The van der Waals surface area contributed by atoms with Crippen LogP contribution in [-0.4, -0.2) is 33.3 Å². The molecule has 9 nitrogen and oxygen atoms in total. The van der Waals surface area contributed by atoms with E-state index in [1.807, 2.05) is 97.2 Å². The quantitative estimate of drug-likeness (QED) is 0.141. The highest BCUT2D eigenvalue weighted by molar-refractivity contribution is 6.19. The number of rotatable bonds is 8. The van der Waals surface area contributed by atoms with Gasteiger partial charge in [-0.15, -0.1) is 0 Å². The van der Waals surface area contributed by atoms with E-state index in [4.69, 9.17) is 19.3 Å². The Kier molecular flexibility index (Phi) is 7.82. The molecule has 5 aromatic rings. The van der Waals surface area contributed by atoms with E-state index in [2.05, 4.69) is 0 Å². The number of amides is 2. The van der Waals surface area contributed by atoms with Crippen LogP contribution in [0, 0.1) is 11.3 Å². The zero-order chi connectivity index (χ0) is 32.3. The molecule has 2 aliphatic rings. The predicted octanol–water partition coefficient (Wildman–Crippen LogP) is 6.64. The number of ether oxygens (including phenoxy) is 3. The molecule has 4 aromatic carbocycles. The molecule has 2 amide bonds. The molecule has 3 heterocycles. The Morgan fingerprint density at radius 3 is 2.34 bits per heavy atom. The molecule has 47 heavy (non-hydrogen) atoms. The molecule has 2 aliphatic heterocycles. The number of hydrogen-bond acceptors (Lipinski definition) is 7. The number of carbonyl (C=O) groups is 2. The number of nitriles is 1. The largest absolute Gasteiger partial charge is 0.489 e. The molecule has 0 N–H and O–H groups in total. The summed E-state index contributed by atoms with van der Waals surface area (Å²) in [6.07, 6.45) is 3.54. The lowest BCUT2D eigenvalue weighted by Crippen LogP contribution is -2.42. The van der Waals surface area contributed by atoms with Crippen molar-refractivity contribution in [3.05, 3.63) is 143 Å². The third-order valence-electron chi connectivity index (χ3n) is 8.04. The van der Waals surface area contributed by atoms with Gasteiger partial charge in [0.15, 0.2) is 11.5 Å². The van der Waals surface area contributed by atoms with E-state index in [1.165, 1.54) is 0 Å². The van der Waals surface area contributed by atoms with Crippen LogP contribution in [0.3, 0.4) is 0 Å². The van der Waals surface area contributed by atoms with Crippen molar-refractivity contribution in [3.63, 3.8) is 0 Å². The smallest absolute Gasteiger partial charge is 0.271 e. The number of nitrogens with zero attached hydrogens (tertiary/aromatic N) is 4. The van der Waals surface area contributed by atoms with E-state index in [0.717, 1.165) is 21.7 Å². The molecule has 1 aromatic heterocycles. The molecule has 0 saturated heterocycles. The van der Waals surface area contributed by atoms with Gasteiger partial charge >= 0.3 is 0 Å². The second-order valence-electron chi connectivity index (χ2n) is 11.1. The summed E-state index contributed by atoms with van der Waals surface area (Å²) < 4.78 is 18.6. The number of hydrogen-bond donors (Lipinski definition) is 0. The maximum atomic E-state index is 14.0. The number of para-hydroxylation sites is 1. The summed E-state index contributed by atoms with van der Waals surface area (Å²) in [5.74, 6) is 0.690. The molecule has 0 spiro atoms. The van der Waals surface area contributed by atoms with Crippen molar-refractivity contribution >= 4 is 17.9 Å². The average molecular weight is 621 g/mol. The van der Waals surface area contributed by atoms with Gasteiger partial charge in [-0.1, -0.05) is 54.6 Å². The average Bonchev–Trinajstić information content (AvgIpc) is 3.76. The Labute approximate surface area is 271 Å². The van der Waals surface area contributed by atoms with Crippen molar-refractivity contribution in [2.75, 3.05) is 6.79 Å². The van der Waals surface area contributed by atoms with Gasteiger partial charge in [0.25, 0.3) is 11.8 Å². The molecule has 7 rings (SSSR count). The fraction of sp³-hybridized carbons (Fsp3) is 0.105. The first-order valence-electron chi connectivity index (χ1n) is 15.0. The molecule has 9 heteroatoms. The van der Waals surface area contributed by atoms with Crippen molar-refractivity contribution in [1.82, 2.24) is 14.7 Å². The predicted molar refractivity (Wildman–Crippen MR) is 174 cm³/mol. The zero-order valence-corrected chi connectivity index (χ0v) is 25.4. The van der Waals surface area contributed by atoms with Gasteiger partial charge in [-0.05, 0) is 78.2 Å². The van der Waals surface area contributed by atoms with Crippen molar-refractivity contribution in [2.45, 2.75) is 20.1 Å². The third-order valence-corrected chi connectivity index (χ3v) is 8.04. The van der Waals surface area contributed by atoms with Gasteiger partial charge in [-0.25, -0.2) is 4.68 Å². The van der Waals surface area contributed by atoms with Gasteiger partial charge in [0.05, 0.1) is 17.9 Å². The SMILES string of the molecule is CC1=C(C#N)C(=O)N(Cc2ccc3c(c2)OCO3)C(=O)/C1=C/c1cn(-c2ccccc2)nc1-c1ccc(OCc2ccccc2)cc1. The second-order valence-corrected chi connectivity index (χ2v) is 11.1. The number of fused-ring (bicyclic) bond motifs is 1. The zero-order valence-electron chi connectivity index (χ0n) is 25.4. The minimum atomic E-state index is -0.642. The van der Waals surface area contributed by atoms with Gasteiger partial charge in [0, 0.05) is 22.9 Å². The molecule has 230 valence electrons. The van der Waals surface area contributed by atoms with Gasteiger partial charge < -0.3 is 14.2 Å². The molecule has 0 radical (unpaired) electrons. The summed E-state index contributed by atoms with van der Waals surface area (Å²) in [5.41, 5.74) is 5.09. The Hall–Kier alpha value is -6.40. The molecule has 0 aliphatic carbocycles. The van der Waals surface area contributed by atoms with Crippen LogP contribution in [0.2, 0.25) is 0 Å². The Morgan fingerprint density at radius 2 is 1.60 bits per heavy atom. The molecule has 0 fully saturated rings. The lowest BCUT2D eigenvalue weighted by molar-refractivity contribution is -0.141. The Morgan fingerprint density at radius 1 is 0.872 bits per heavy atom. The summed E-state index contributed by atoms with van der Waals surface area (Å²) in [7, 11) is 0. The summed E-state index contributed by atoms with van der Waals surface area (Å²) in [5, 5.41) is 14.9. The lowest BCUT2D eigenvalue weighted by atomic mass is 9.93. The van der Waals surface area contributed by atoms with Crippen LogP contribution in [0.25, 0.3) is 23.0 Å². The first-order chi connectivity index (χ1) is 23.0. The van der Waals surface area contributed by atoms with Crippen LogP contribution >= 0.6 is 0 Å². The standard InChI is InChI=1S/C38H28N4O5/c1-25-32(37(43)41(38(44)33(25)20-39)21-27-12-17-34-35(18-27)47-24-46-34)19-29-22-42(30-10-6-3-7-11-30)40-36(29)28-13-15-31(16-14-28)45-23-26-8-4-2-5-9-26/h2-19,22H,21,23-24H2,1H3/b32-19+. The highest BCUT2D eigenvalue weighted by Gasteiger charge is 2.36. The topological polar surface area (TPSA) is 107 Å². The lowest BCUT2D eigenvalue weighted by Gasteiger charge is -2.27. The van der Waals surface area contributed by atoms with Gasteiger partial charge in [-0.2, -0.15) is 10.4 Å². The molecule has 0 atom stereocenters. The maximum absolute atomic E-state index is 14.0. The van der Waals surface area contributed by atoms with E-state index >= 15 is 0 Å². The van der Waals surface area contributed by atoms with E-state index in [9.17, 15) is 14.9 Å². The minimum absolute atomic E-state index is 0.0370. The third kappa shape index (κ3) is 5.88. The number of carbonyl (C=O) groups excluding carboxylic acids is 2. The summed E-state index contributed by atoms with van der Waals surface area (Å²) in [6, 6.07) is 34.4. The summed E-state index contributed by atoms with van der Waals surface area (Å²) >= 11 is 0. The molecule has 0 bridgehead atoms. The van der Waals surface area contributed by atoms with Gasteiger partial charge in [-0.3, -0.25) is 14.5 Å². The fourth-order valence-electron chi connectivity index (χ4n) is 5.53. The molecular weight excluding hydrogens is 592 g/mol. The summed E-state index contributed by atoms with van der Waals surface area (Å²) in [6.45, 7) is 2.13. The normalized spacial score (nSPS) is 14.9. The van der Waals surface area contributed by atoms with E-state index in [0.29, 0.717) is 46.2 Å². The monoisotopic (exact) mass is 620 g/mol. The van der Waals surface area contributed by atoms with E-state index in [-0.39, 0.29) is 24.5 Å². The minimum Gasteiger partial charge on any atom is -0.489 e. The van der Waals surface area contributed by atoms with Crippen LogP contribution in [0.1, 0.15) is 23.6 Å². The van der Waals surface area contributed by atoms with E-state index in [1.54, 1.807) is 35.9 Å². The van der Waals surface area contributed by atoms with Crippen molar-refractivity contribution in [2.24, 2.45) is 0 Å². The Balaban J connectivity index is 1.25. The summed E-state index contributed by atoms with van der Waals surface area (Å²) in [4.78, 5) is 28.5. The maximum Gasteiger partial charge on any atom is 0.271 e. The van der Waals surface area contributed by atoms with Crippen molar-refractivity contribution in [1.29, 1.82) is 5.26 Å². The molecular formula is C38H28N4O5. The van der Waals surface area contributed by atoms with Crippen molar-refractivity contribution in [3.8, 4) is 40.3 Å². The first kappa shape index (κ1) is 29.3. The van der Waals surface area contributed by atoms with Crippen LogP contribution in [-0.2, 0) is 22.7 Å². The van der Waals surface area contributed by atoms with Crippen LogP contribution in [0.5, 0.6) is 17.2 Å². The van der Waals surface area contributed by atoms with Crippen LogP contribution in [0.4, 0.5) is 0 Å². The fourth-order valence-corrected chi connectivity index (χ4v) is 5.53. The highest BCUT2D eigenvalue weighted by Crippen LogP contribution is 2.35. The Bertz CT molecular complexity index is 2090.